The second kappa shape index (κ2) is 5.10. The maximum Gasteiger partial charge on any atom is 0.223 e. The smallest absolute Gasteiger partial charge is 0.223 e. The highest BCUT2D eigenvalue weighted by Crippen LogP contribution is 2.34. The van der Waals surface area contributed by atoms with Crippen molar-refractivity contribution in [2.75, 3.05) is 12.4 Å². The van der Waals surface area contributed by atoms with Crippen LogP contribution in [0.3, 0.4) is 0 Å². The number of hydrogen-bond acceptors (Lipinski definition) is 1. The molecule has 0 spiro atoms. The highest BCUT2D eigenvalue weighted by Gasteiger charge is 2.39. The summed E-state index contributed by atoms with van der Waals surface area (Å²) < 4.78 is 0. The number of carbonyl (C=O) groups is 1. The number of rotatable bonds is 3. The zero-order chi connectivity index (χ0) is 13.3. The highest BCUT2D eigenvalue weighted by atomic mass is 35.5. The molecule has 0 aromatic heterocycles. The molecule has 1 heterocycles. The lowest BCUT2D eigenvalue weighted by Gasteiger charge is -2.36. The Balaban J connectivity index is 2.25. The molecule has 98 valence electrons. The lowest BCUT2D eigenvalue weighted by Crippen LogP contribution is -2.42. The summed E-state index contributed by atoms with van der Waals surface area (Å²) in [4.78, 5) is 14.0. The number of alkyl halides is 1. The summed E-state index contributed by atoms with van der Waals surface area (Å²) in [5.74, 6) is 0.991. The number of hydrogen-bond donors (Lipinski definition) is 0. The lowest BCUT2D eigenvalue weighted by atomic mass is 9.92. The van der Waals surface area contributed by atoms with Gasteiger partial charge in [-0.25, -0.2) is 0 Å². The van der Waals surface area contributed by atoms with Crippen molar-refractivity contribution in [3.63, 3.8) is 0 Å². The highest BCUT2D eigenvalue weighted by molar-refractivity contribution is 6.30. The van der Waals surface area contributed by atoms with Crippen molar-refractivity contribution >= 4 is 29.1 Å². The van der Waals surface area contributed by atoms with Crippen molar-refractivity contribution in [1.82, 2.24) is 4.90 Å². The SMILES string of the molecule is CC(C)(c1ccc(Cl)cc1)N1CC(CCl)CC1=O. The summed E-state index contributed by atoms with van der Waals surface area (Å²) >= 11 is 11.8. The number of carbonyl (C=O) groups excluding carboxylic acids is 1. The molecule has 4 heteroatoms. The van der Waals surface area contributed by atoms with Gasteiger partial charge in [0.2, 0.25) is 5.91 Å². The molecule has 1 aromatic carbocycles. The van der Waals surface area contributed by atoms with Gasteiger partial charge in [-0.15, -0.1) is 11.6 Å². The number of likely N-dealkylation sites (tertiary alicyclic amines) is 1. The maximum atomic E-state index is 12.1. The first-order chi connectivity index (χ1) is 8.45. The predicted molar refractivity (Wildman–Crippen MR) is 75.0 cm³/mol. The van der Waals surface area contributed by atoms with Crippen LogP contribution >= 0.6 is 23.2 Å². The van der Waals surface area contributed by atoms with E-state index >= 15 is 0 Å². The first kappa shape index (κ1) is 13.7. The van der Waals surface area contributed by atoms with E-state index in [0.29, 0.717) is 17.3 Å². The molecule has 2 nitrogen and oxygen atoms in total. The first-order valence-electron chi connectivity index (χ1n) is 6.07. The quantitative estimate of drug-likeness (QED) is 0.776. The topological polar surface area (TPSA) is 20.3 Å². The largest absolute Gasteiger partial charge is 0.333 e. The molecule has 1 aromatic rings. The normalized spacial score (nSPS) is 20.6. The minimum absolute atomic E-state index is 0.181. The standard InChI is InChI=1S/C14H17Cl2NO/c1-14(2,11-3-5-12(16)6-4-11)17-9-10(8-15)7-13(17)18/h3-6,10H,7-9H2,1-2H3. The summed E-state index contributed by atoms with van der Waals surface area (Å²) in [5, 5.41) is 0.709. The molecule has 0 saturated carbocycles. The van der Waals surface area contributed by atoms with Crippen molar-refractivity contribution in [2.24, 2.45) is 5.92 Å². The molecular weight excluding hydrogens is 269 g/mol. The summed E-state index contributed by atoms with van der Waals surface area (Å²) in [6.07, 6.45) is 0.556. The Morgan fingerprint density at radius 2 is 1.94 bits per heavy atom. The minimum Gasteiger partial charge on any atom is -0.333 e. The molecule has 1 fully saturated rings. The second-order valence-corrected chi connectivity index (χ2v) is 6.04. The van der Waals surface area contributed by atoms with Crippen molar-refractivity contribution in [2.45, 2.75) is 25.8 Å². The fourth-order valence-electron chi connectivity index (χ4n) is 2.44. The Kier molecular flexibility index (Phi) is 3.88. The monoisotopic (exact) mass is 285 g/mol. The molecule has 1 saturated heterocycles. The molecule has 0 N–H and O–H groups in total. The van der Waals surface area contributed by atoms with Gasteiger partial charge in [-0.2, -0.15) is 0 Å². The van der Waals surface area contributed by atoms with Gasteiger partial charge in [0.15, 0.2) is 0 Å². The predicted octanol–water partition coefficient (Wildman–Crippen LogP) is 3.66. The van der Waals surface area contributed by atoms with Gasteiger partial charge in [-0.05, 0) is 37.5 Å². The van der Waals surface area contributed by atoms with E-state index in [1.165, 1.54) is 0 Å². The summed E-state index contributed by atoms with van der Waals surface area (Å²) in [6, 6.07) is 7.67. The molecule has 2 rings (SSSR count). The van der Waals surface area contributed by atoms with E-state index in [2.05, 4.69) is 13.8 Å². The summed E-state index contributed by atoms with van der Waals surface area (Å²) in [6.45, 7) is 4.85. The fourth-order valence-corrected chi connectivity index (χ4v) is 2.77. The van der Waals surface area contributed by atoms with Gasteiger partial charge >= 0.3 is 0 Å². The van der Waals surface area contributed by atoms with E-state index in [-0.39, 0.29) is 17.4 Å². The molecule has 1 aliphatic rings. The number of benzene rings is 1. The van der Waals surface area contributed by atoms with Crippen LogP contribution in [-0.4, -0.2) is 23.2 Å². The molecule has 0 bridgehead atoms. The third kappa shape index (κ3) is 2.50. The first-order valence-corrected chi connectivity index (χ1v) is 6.99. The number of nitrogens with zero attached hydrogens (tertiary/aromatic N) is 1. The summed E-state index contributed by atoms with van der Waals surface area (Å²) in [7, 11) is 0. The molecule has 1 amide bonds. The van der Waals surface area contributed by atoms with Gasteiger partial charge in [0.25, 0.3) is 0 Å². The zero-order valence-corrected chi connectivity index (χ0v) is 12.1. The average Bonchev–Trinajstić information content (AvgIpc) is 2.72. The van der Waals surface area contributed by atoms with Crippen LogP contribution in [-0.2, 0) is 10.3 Å². The minimum atomic E-state index is -0.317. The van der Waals surface area contributed by atoms with Gasteiger partial charge in [-0.3, -0.25) is 4.79 Å². The molecule has 1 unspecified atom stereocenters. The molecule has 1 aliphatic heterocycles. The lowest BCUT2D eigenvalue weighted by molar-refractivity contribution is -0.132. The van der Waals surface area contributed by atoms with E-state index in [0.717, 1.165) is 12.1 Å². The van der Waals surface area contributed by atoms with Crippen LogP contribution in [0.4, 0.5) is 0 Å². The fraction of sp³-hybridized carbons (Fsp3) is 0.500. The second-order valence-electron chi connectivity index (χ2n) is 5.29. The van der Waals surface area contributed by atoms with Gasteiger partial charge in [0.05, 0.1) is 5.54 Å². The van der Waals surface area contributed by atoms with Crippen LogP contribution < -0.4 is 0 Å². The van der Waals surface area contributed by atoms with E-state index in [1.54, 1.807) is 0 Å². The zero-order valence-electron chi connectivity index (χ0n) is 10.6. The van der Waals surface area contributed by atoms with Crippen molar-refractivity contribution in [3.8, 4) is 0 Å². The molecular formula is C14H17Cl2NO. The van der Waals surface area contributed by atoms with E-state index in [4.69, 9.17) is 23.2 Å². The van der Waals surface area contributed by atoms with Crippen LogP contribution in [0.25, 0.3) is 0 Å². The van der Waals surface area contributed by atoms with Crippen molar-refractivity contribution in [3.05, 3.63) is 34.9 Å². The van der Waals surface area contributed by atoms with Crippen LogP contribution in [0.5, 0.6) is 0 Å². The van der Waals surface area contributed by atoms with E-state index < -0.39 is 0 Å². The average molecular weight is 286 g/mol. The van der Waals surface area contributed by atoms with E-state index in [1.807, 2.05) is 29.2 Å². The molecule has 0 radical (unpaired) electrons. The van der Waals surface area contributed by atoms with Crippen LogP contribution in [0.1, 0.15) is 25.8 Å². The Morgan fingerprint density at radius 3 is 2.44 bits per heavy atom. The Morgan fingerprint density at radius 1 is 1.33 bits per heavy atom. The van der Waals surface area contributed by atoms with Gasteiger partial charge in [0.1, 0.15) is 0 Å². The van der Waals surface area contributed by atoms with Crippen molar-refractivity contribution < 1.29 is 4.79 Å². The molecule has 0 aliphatic carbocycles. The summed E-state index contributed by atoms with van der Waals surface area (Å²) in [5.41, 5.74) is 0.776. The van der Waals surface area contributed by atoms with Gasteiger partial charge < -0.3 is 4.90 Å². The van der Waals surface area contributed by atoms with Crippen LogP contribution in [0.15, 0.2) is 24.3 Å². The third-order valence-electron chi connectivity index (χ3n) is 3.65. The van der Waals surface area contributed by atoms with E-state index in [9.17, 15) is 4.79 Å². The third-order valence-corrected chi connectivity index (χ3v) is 4.34. The Labute approximate surface area is 118 Å². The van der Waals surface area contributed by atoms with Crippen LogP contribution in [0.2, 0.25) is 5.02 Å². The maximum absolute atomic E-state index is 12.1. The van der Waals surface area contributed by atoms with Gasteiger partial charge in [-0.1, -0.05) is 23.7 Å². The molecule has 1 atom stereocenters. The number of halogens is 2. The Bertz CT molecular complexity index is 442. The number of amides is 1. The van der Waals surface area contributed by atoms with Crippen LogP contribution in [0, 0.1) is 5.92 Å². The Hall–Kier alpha value is -0.730. The van der Waals surface area contributed by atoms with Gasteiger partial charge in [0, 0.05) is 23.9 Å². The molecule has 18 heavy (non-hydrogen) atoms. The van der Waals surface area contributed by atoms with Crippen molar-refractivity contribution in [1.29, 1.82) is 0 Å².